The van der Waals surface area contributed by atoms with Gasteiger partial charge in [0.25, 0.3) is 0 Å². The van der Waals surface area contributed by atoms with Crippen molar-refractivity contribution >= 4 is 5.78 Å². The van der Waals surface area contributed by atoms with Crippen LogP contribution in [-0.4, -0.2) is 62.5 Å². The fraction of sp³-hybridized carbons (Fsp3) is 0.562. The number of carbonyl (C=O) groups is 1. The maximum atomic E-state index is 12.2. The van der Waals surface area contributed by atoms with Gasteiger partial charge in [-0.05, 0) is 51.2 Å². The zero-order chi connectivity index (χ0) is 14.5. The predicted molar refractivity (Wildman–Crippen MR) is 80.5 cm³/mol. The Morgan fingerprint density at radius 2 is 1.85 bits per heavy atom. The maximum Gasteiger partial charge on any atom is 0.176 e. The standard InChI is InChI=1S/C16H24N2O2/c1-17(2)14-8-10-18(11-9-14)12-16(19)13-4-6-15(20-3)7-5-13/h4-7,14H,8-12H2,1-3H3. The summed E-state index contributed by atoms with van der Waals surface area (Å²) < 4.78 is 5.11. The molecule has 1 aliphatic heterocycles. The molecule has 1 aromatic rings. The lowest BCUT2D eigenvalue weighted by molar-refractivity contribution is 0.0874. The largest absolute Gasteiger partial charge is 0.497 e. The molecule has 0 unspecified atom stereocenters. The van der Waals surface area contributed by atoms with Crippen molar-refractivity contribution in [3.8, 4) is 5.75 Å². The molecule has 20 heavy (non-hydrogen) atoms. The number of rotatable bonds is 5. The van der Waals surface area contributed by atoms with Crippen LogP contribution in [0.1, 0.15) is 23.2 Å². The highest BCUT2D eigenvalue weighted by Gasteiger charge is 2.22. The van der Waals surface area contributed by atoms with E-state index >= 15 is 0 Å². The third kappa shape index (κ3) is 3.81. The molecule has 0 amide bonds. The molecular weight excluding hydrogens is 252 g/mol. The second kappa shape index (κ2) is 6.86. The van der Waals surface area contributed by atoms with Gasteiger partial charge in [-0.1, -0.05) is 0 Å². The first-order chi connectivity index (χ1) is 9.60. The van der Waals surface area contributed by atoms with Crippen LogP contribution in [0.5, 0.6) is 5.75 Å². The van der Waals surface area contributed by atoms with Crippen molar-refractivity contribution in [3.05, 3.63) is 29.8 Å². The number of benzene rings is 1. The van der Waals surface area contributed by atoms with E-state index in [-0.39, 0.29) is 5.78 Å². The molecule has 0 aliphatic carbocycles. The smallest absolute Gasteiger partial charge is 0.176 e. The Morgan fingerprint density at radius 1 is 1.25 bits per heavy atom. The summed E-state index contributed by atoms with van der Waals surface area (Å²) in [6.07, 6.45) is 2.28. The van der Waals surface area contributed by atoms with Gasteiger partial charge >= 0.3 is 0 Å². The van der Waals surface area contributed by atoms with Crippen LogP contribution in [0.25, 0.3) is 0 Å². The summed E-state index contributed by atoms with van der Waals surface area (Å²) in [5.41, 5.74) is 0.764. The van der Waals surface area contributed by atoms with Crippen molar-refractivity contribution in [2.24, 2.45) is 0 Å². The average molecular weight is 276 g/mol. The van der Waals surface area contributed by atoms with Crippen molar-refractivity contribution in [2.75, 3.05) is 40.8 Å². The molecule has 1 heterocycles. The van der Waals surface area contributed by atoms with Crippen LogP contribution in [-0.2, 0) is 0 Å². The van der Waals surface area contributed by atoms with Crippen LogP contribution >= 0.6 is 0 Å². The Hall–Kier alpha value is -1.39. The van der Waals surface area contributed by atoms with E-state index in [1.165, 1.54) is 0 Å². The molecule has 2 rings (SSSR count). The Kier molecular flexibility index (Phi) is 5.15. The third-order valence-electron chi connectivity index (χ3n) is 4.07. The van der Waals surface area contributed by atoms with Crippen LogP contribution in [0.4, 0.5) is 0 Å². The molecule has 0 bridgehead atoms. The fourth-order valence-corrected chi connectivity index (χ4v) is 2.67. The van der Waals surface area contributed by atoms with Gasteiger partial charge < -0.3 is 9.64 Å². The lowest BCUT2D eigenvalue weighted by atomic mass is 10.0. The minimum Gasteiger partial charge on any atom is -0.497 e. The normalized spacial score (nSPS) is 17.4. The van der Waals surface area contributed by atoms with E-state index in [0.717, 1.165) is 37.2 Å². The third-order valence-corrected chi connectivity index (χ3v) is 4.07. The highest BCUT2D eigenvalue weighted by molar-refractivity contribution is 5.97. The van der Waals surface area contributed by atoms with Gasteiger partial charge in [-0.2, -0.15) is 0 Å². The molecule has 1 fully saturated rings. The summed E-state index contributed by atoms with van der Waals surface area (Å²) in [6, 6.07) is 8.01. The summed E-state index contributed by atoms with van der Waals surface area (Å²) in [4.78, 5) is 16.8. The van der Waals surface area contributed by atoms with Gasteiger partial charge in [-0.15, -0.1) is 0 Å². The molecule has 0 atom stereocenters. The highest BCUT2D eigenvalue weighted by Crippen LogP contribution is 2.16. The number of Topliss-reactive ketones (excluding diaryl/α,β-unsaturated/α-hetero) is 1. The number of piperidine rings is 1. The summed E-state index contributed by atoms with van der Waals surface area (Å²) >= 11 is 0. The van der Waals surface area contributed by atoms with Gasteiger partial charge in [0.15, 0.2) is 5.78 Å². The molecule has 0 saturated carbocycles. The van der Waals surface area contributed by atoms with E-state index in [2.05, 4.69) is 23.9 Å². The van der Waals surface area contributed by atoms with Gasteiger partial charge in [0.05, 0.1) is 13.7 Å². The van der Waals surface area contributed by atoms with Gasteiger partial charge in [0.2, 0.25) is 0 Å². The van der Waals surface area contributed by atoms with Gasteiger partial charge in [-0.25, -0.2) is 0 Å². The molecule has 0 spiro atoms. The summed E-state index contributed by atoms with van der Waals surface area (Å²) in [7, 11) is 5.89. The van der Waals surface area contributed by atoms with E-state index in [9.17, 15) is 4.79 Å². The average Bonchev–Trinajstić information content (AvgIpc) is 2.48. The van der Waals surface area contributed by atoms with Crippen LogP contribution in [0.15, 0.2) is 24.3 Å². The second-order valence-corrected chi connectivity index (χ2v) is 5.62. The van der Waals surface area contributed by atoms with Crippen LogP contribution < -0.4 is 4.74 Å². The zero-order valence-corrected chi connectivity index (χ0v) is 12.6. The van der Waals surface area contributed by atoms with Crippen LogP contribution in [0.2, 0.25) is 0 Å². The van der Waals surface area contributed by atoms with Crippen molar-refractivity contribution in [1.29, 1.82) is 0 Å². The Bertz CT molecular complexity index is 434. The molecule has 4 heteroatoms. The molecule has 110 valence electrons. The van der Waals surface area contributed by atoms with Crippen molar-refractivity contribution < 1.29 is 9.53 Å². The van der Waals surface area contributed by atoms with E-state index < -0.39 is 0 Å². The Balaban J connectivity index is 1.85. The first kappa shape index (κ1) is 15.0. The quantitative estimate of drug-likeness (QED) is 0.769. The van der Waals surface area contributed by atoms with Gasteiger partial charge in [0.1, 0.15) is 5.75 Å². The number of ether oxygens (including phenoxy) is 1. The second-order valence-electron chi connectivity index (χ2n) is 5.62. The fourth-order valence-electron chi connectivity index (χ4n) is 2.67. The monoisotopic (exact) mass is 276 g/mol. The molecule has 1 aromatic carbocycles. The minimum atomic E-state index is 0.191. The van der Waals surface area contributed by atoms with Crippen molar-refractivity contribution in [3.63, 3.8) is 0 Å². The SMILES string of the molecule is COc1ccc(C(=O)CN2CCC(N(C)C)CC2)cc1. The summed E-state index contributed by atoms with van der Waals surface area (Å²) in [6.45, 7) is 2.53. The molecule has 4 nitrogen and oxygen atoms in total. The number of likely N-dealkylation sites (tertiary alicyclic amines) is 1. The maximum absolute atomic E-state index is 12.2. The van der Waals surface area contributed by atoms with E-state index in [4.69, 9.17) is 4.74 Å². The van der Waals surface area contributed by atoms with Crippen molar-refractivity contribution in [2.45, 2.75) is 18.9 Å². The first-order valence-electron chi connectivity index (χ1n) is 7.16. The Labute approximate surface area is 121 Å². The number of hydrogen-bond acceptors (Lipinski definition) is 4. The molecule has 1 saturated heterocycles. The lowest BCUT2D eigenvalue weighted by Crippen LogP contribution is -2.43. The highest BCUT2D eigenvalue weighted by atomic mass is 16.5. The molecule has 1 aliphatic rings. The van der Waals surface area contributed by atoms with Crippen LogP contribution in [0.3, 0.4) is 0 Å². The van der Waals surface area contributed by atoms with E-state index in [0.29, 0.717) is 12.6 Å². The van der Waals surface area contributed by atoms with Gasteiger partial charge in [-0.3, -0.25) is 9.69 Å². The lowest BCUT2D eigenvalue weighted by Gasteiger charge is -2.34. The minimum absolute atomic E-state index is 0.191. The number of nitrogens with zero attached hydrogens (tertiary/aromatic N) is 2. The number of hydrogen-bond donors (Lipinski definition) is 0. The van der Waals surface area contributed by atoms with E-state index in [1.807, 2.05) is 24.3 Å². The zero-order valence-electron chi connectivity index (χ0n) is 12.6. The van der Waals surface area contributed by atoms with Crippen molar-refractivity contribution in [1.82, 2.24) is 9.80 Å². The predicted octanol–water partition coefficient (Wildman–Crippen LogP) is 1.90. The Morgan fingerprint density at radius 3 is 2.35 bits per heavy atom. The number of ketones is 1. The summed E-state index contributed by atoms with van der Waals surface area (Å²) in [5, 5.41) is 0. The summed E-state index contributed by atoms with van der Waals surface area (Å²) in [5.74, 6) is 0.976. The van der Waals surface area contributed by atoms with E-state index in [1.54, 1.807) is 7.11 Å². The molecular formula is C16H24N2O2. The van der Waals surface area contributed by atoms with Crippen LogP contribution in [0, 0.1) is 0 Å². The molecule has 0 aromatic heterocycles. The number of methoxy groups -OCH3 is 1. The number of carbonyl (C=O) groups excluding carboxylic acids is 1. The molecule has 0 N–H and O–H groups in total. The first-order valence-corrected chi connectivity index (χ1v) is 7.16. The van der Waals surface area contributed by atoms with Gasteiger partial charge in [0, 0.05) is 24.7 Å². The molecule has 0 radical (unpaired) electrons. The topological polar surface area (TPSA) is 32.8 Å².